The summed E-state index contributed by atoms with van der Waals surface area (Å²) in [5.74, 6) is -0.142. The number of rotatable bonds is 2. The van der Waals surface area contributed by atoms with E-state index in [1.807, 2.05) is 0 Å². The summed E-state index contributed by atoms with van der Waals surface area (Å²) in [5.41, 5.74) is 0. The third kappa shape index (κ3) is 3.19. The lowest BCUT2D eigenvalue weighted by atomic mass is 10.4. The minimum absolute atomic E-state index is 0.142. The number of nitrogens with zero attached hydrogens (tertiary/aromatic N) is 1. The second kappa shape index (κ2) is 5.11. The molecule has 4 heteroatoms. The van der Waals surface area contributed by atoms with Gasteiger partial charge >= 0.3 is 5.97 Å². The summed E-state index contributed by atoms with van der Waals surface area (Å²) < 4.78 is 4.59. The minimum Gasteiger partial charge on any atom is -0.468 e. The monoisotopic (exact) mass is 172 g/mol. The molecule has 0 aromatic carbocycles. The van der Waals surface area contributed by atoms with Crippen molar-refractivity contribution < 1.29 is 9.53 Å². The summed E-state index contributed by atoms with van der Waals surface area (Å²) in [6.07, 6.45) is 1.11. The Morgan fingerprint density at radius 2 is 2.33 bits per heavy atom. The van der Waals surface area contributed by atoms with Crippen LogP contribution in [0, 0.1) is 0 Å². The van der Waals surface area contributed by atoms with Gasteiger partial charge in [-0.1, -0.05) is 0 Å². The zero-order valence-corrected chi connectivity index (χ0v) is 7.51. The van der Waals surface area contributed by atoms with Crippen molar-refractivity contribution in [3.8, 4) is 0 Å². The van der Waals surface area contributed by atoms with Gasteiger partial charge in [-0.05, 0) is 19.5 Å². The van der Waals surface area contributed by atoms with Crippen LogP contribution in [-0.2, 0) is 9.53 Å². The van der Waals surface area contributed by atoms with Crippen molar-refractivity contribution in [2.75, 3.05) is 39.8 Å². The van der Waals surface area contributed by atoms with Crippen molar-refractivity contribution in [2.24, 2.45) is 0 Å². The number of ether oxygens (including phenoxy) is 1. The summed E-state index contributed by atoms with van der Waals surface area (Å²) in [7, 11) is 1.43. The van der Waals surface area contributed by atoms with E-state index in [1.165, 1.54) is 7.11 Å². The van der Waals surface area contributed by atoms with Gasteiger partial charge in [-0.25, -0.2) is 0 Å². The second-order valence-corrected chi connectivity index (χ2v) is 2.96. The maximum absolute atomic E-state index is 10.9. The van der Waals surface area contributed by atoms with Gasteiger partial charge in [-0.15, -0.1) is 0 Å². The van der Waals surface area contributed by atoms with Crippen LogP contribution < -0.4 is 5.32 Å². The molecule has 0 atom stereocenters. The molecule has 70 valence electrons. The van der Waals surface area contributed by atoms with Gasteiger partial charge in [0, 0.05) is 13.1 Å². The topological polar surface area (TPSA) is 41.6 Å². The van der Waals surface area contributed by atoms with Crippen LogP contribution in [0.4, 0.5) is 0 Å². The molecule has 1 aliphatic heterocycles. The first-order valence-corrected chi connectivity index (χ1v) is 4.33. The summed E-state index contributed by atoms with van der Waals surface area (Å²) in [5, 5.41) is 3.27. The highest BCUT2D eigenvalue weighted by molar-refractivity contribution is 5.71. The lowest BCUT2D eigenvalue weighted by molar-refractivity contribution is -0.141. The fourth-order valence-corrected chi connectivity index (χ4v) is 1.31. The minimum atomic E-state index is -0.142. The Hall–Kier alpha value is -0.610. The standard InChI is InChI=1S/C8H16N2O2/c1-12-8(11)7-10-5-2-3-9-4-6-10/h9H,2-7H2,1H3. The summed E-state index contributed by atoms with van der Waals surface area (Å²) in [6, 6.07) is 0. The van der Waals surface area contributed by atoms with E-state index in [0.717, 1.165) is 32.6 Å². The van der Waals surface area contributed by atoms with E-state index in [0.29, 0.717) is 6.54 Å². The van der Waals surface area contributed by atoms with E-state index in [1.54, 1.807) is 0 Å². The molecule has 1 heterocycles. The molecular weight excluding hydrogens is 156 g/mol. The molecule has 0 spiro atoms. The van der Waals surface area contributed by atoms with Crippen molar-refractivity contribution in [2.45, 2.75) is 6.42 Å². The molecule has 0 aromatic rings. The average Bonchev–Trinajstić information content (AvgIpc) is 2.33. The Morgan fingerprint density at radius 1 is 1.50 bits per heavy atom. The van der Waals surface area contributed by atoms with Gasteiger partial charge in [0.1, 0.15) is 0 Å². The van der Waals surface area contributed by atoms with Crippen LogP contribution in [0.3, 0.4) is 0 Å². The fraction of sp³-hybridized carbons (Fsp3) is 0.875. The zero-order valence-electron chi connectivity index (χ0n) is 7.51. The molecule has 0 amide bonds. The molecule has 0 bridgehead atoms. The number of carbonyl (C=O) groups excluding carboxylic acids is 1. The Bertz CT molecular complexity index is 142. The van der Waals surface area contributed by atoms with Gasteiger partial charge in [-0.2, -0.15) is 0 Å². The highest BCUT2D eigenvalue weighted by Crippen LogP contribution is 1.94. The first-order valence-electron chi connectivity index (χ1n) is 4.33. The van der Waals surface area contributed by atoms with E-state index in [2.05, 4.69) is 15.0 Å². The lowest BCUT2D eigenvalue weighted by Gasteiger charge is -2.16. The van der Waals surface area contributed by atoms with Crippen LogP contribution in [0.2, 0.25) is 0 Å². The van der Waals surface area contributed by atoms with Gasteiger partial charge < -0.3 is 10.1 Å². The first-order chi connectivity index (χ1) is 5.83. The van der Waals surface area contributed by atoms with E-state index in [4.69, 9.17) is 0 Å². The maximum atomic E-state index is 10.9. The van der Waals surface area contributed by atoms with Crippen LogP contribution in [0.1, 0.15) is 6.42 Å². The highest BCUT2D eigenvalue weighted by Gasteiger charge is 2.11. The maximum Gasteiger partial charge on any atom is 0.319 e. The molecule has 12 heavy (non-hydrogen) atoms. The SMILES string of the molecule is COC(=O)CN1CCCNCC1. The number of carbonyl (C=O) groups is 1. The number of hydrogen-bond donors (Lipinski definition) is 1. The molecule has 0 aromatic heterocycles. The molecule has 0 aliphatic carbocycles. The molecule has 1 saturated heterocycles. The largest absolute Gasteiger partial charge is 0.468 e. The van der Waals surface area contributed by atoms with Gasteiger partial charge in [0.2, 0.25) is 0 Å². The molecule has 1 N–H and O–H groups in total. The summed E-state index contributed by atoms with van der Waals surface area (Å²) in [4.78, 5) is 13.0. The first kappa shape index (κ1) is 9.48. The third-order valence-electron chi connectivity index (χ3n) is 2.01. The smallest absolute Gasteiger partial charge is 0.319 e. The fourth-order valence-electron chi connectivity index (χ4n) is 1.31. The van der Waals surface area contributed by atoms with Crippen molar-refractivity contribution in [1.29, 1.82) is 0 Å². The van der Waals surface area contributed by atoms with Gasteiger partial charge in [0.15, 0.2) is 0 Å². The van der Waals surface area contributed by atoms with Crippen molar-refractivity contribution in [1.82, 2.24) is 10.2 Å². The predicted molar refractivity (Wildman–Crippen MR) is 45.9 cm³/mol. The van der Waals surface area contributed by atoms with Crippen molar-refractivity contribution in [3.05, 3.63) is 0 Å². The quantitative estimate of drug-likeness (QED) is 0.568. The van der Waals surface area contributed by atoms with Crippen LogP contribution >= 0.6 is 0 Å². The highest BCUT2D eigenvalue weighted by atomic mass is 16.5. The van der Waals surface area contributed by atoms with Crippen LogP contribution in [0.25, 0.3) is 0 Å². The predicted octanol–water partition coefficient (Wildman–Crippen LogP) is -0.545. The van der Waals surface area contributed by atoms with Gasteiger partial charge in [-0.3, -0.25) is 9.69 Å². The summed E-state index contributed by atoms with van der Waals surface area (Å²) in [6.45, 7) is 4.38. The third-order valence-corrected chi connectivity index (χ3v) is 2.01. The Morgan fingerprint density at radius 3 is 3.08 bits per heavy atom. The molecule has 1 aliphatic rings. The Kier molecular flexibility index (Phi) is 4.04. The Balaban J connectivity index is 2.24. The Labute approximate surface area is 72.9 Å². The molecular formula is C8H16N2O2. The van der Waals surface area contributed by atoms with Crippen LogP contribution in [0.15, 0.2) is 0 Å². The van der Waals surface area contributed by atoms with E-state index >= 15 is 0 Å². The number of hydrogen-bond acceptors (Lipinski definition) is 4. The van der Waals surface area contributed by atoms with Gasteiger partial charge in [0.25, 0.3) is 0 Å². The molecule has 0 radical (unpaired) electrons. The van der Waals surface area contributed by atoms with E-state index in [-0.39, 0.29) is 5.97 Å². The molecule has 0 unspecified atom stereocenters. The number of esters is 1. The van der Waals surface area contributed by atoms with E-state index in [9.17, 15) is 4.79 Å². The molecule has 1 fully saturated rings. The second-order valence-electron chi connectivity index (χ2n) is 2.96. The average molecular weight is 172 g/mol. The molecule has 4 nitrogen and oxygen atoms in total. The van der Waals surface area contributed by atoms with Gasteiger partial charge in [0.05, 0.1) is 13.7 Å². The zero-order chi connectivity index (χ0) is 8.81. The van der Waals surface area contributed by atoms with Crippen molar-refractivity contribution in [3.63, 3.8) is 0 Å². The lowest BCUT2D eigenvalue weighted by Crippen LogP contribution is -2.33. The molecule has 0 saturated carbocycles. The normalized spacial score (nSPS) is 20.1. The van der Waals surface area contributed by atoms with Crippen molar-refractivity contribution >= 4 is 5.97 Å². The van der Waals surface area contributed by atoms with E-state index < -0.39 is 0 Å². The molecule has 1 rings (SSSR count). The van der Waals surface area contributed by atoms with Crippen LogP contribution in [0.5, 0.6) is 0 Å². The summed E-state index contributed by atoms with van der Waals surface area (Å²) >= 11 is 0. The van der Waals surface area contributed by atoms with Crippen LogP contribution in [-0.4, -0.2) is 50.7 Å². The number of nitrogens with one attached hydrogen (secondary N) is 1. The number of methoxy groups -OCH3 is 1.